The third-order valence-corrected chi connectivity index (χ3v) is 5.07. The number of carbonyl (C=O) groups is 1. The fraction of sp³-hybridized carbons (Fsp3) is 0.955. The van der Waals surface area contributed by atoms with Gasteiger partial charge in [-0.05, 0) is 32.1 Å². The molecule has 0 rings (SSSR count). The van der Waals surface area contributed by atoms with Gasteiger partial charge in [0.15, 0.2) is 0 Å². The van der Waals surface area contributed by atoms with Crippen molar-refractivity contribution >= 4 is 5.97 Å². The summed E-state index contributed by atoms with van der Waals surface area (Å²) in [6.45, 7) is 2.10. The van der Waals surface area contributed by atoms with Gasteiger partial charge >= 0.3 is 5.97 Å². The molecule has 3 N–H and O–H groups in total. The minimum absolute atomic E-state index is 0.102. The molecule has 0 aliphatic heterocycles. The van der Waals surface area contributed by atoms with Crippen molar-refractivity contribution in [3.05, 3.63) is 0 Å². The molecule has 0 heterocycles. The number of hydrogen-bond acceptors (Lipinski definition) is 5. The number of hydrogen-bond donors (Lipinski definition) is 3. The van der Waals surface area contributed by atoms with Gasteiger partial charge in [-0.3, -0.25) is 4.79 Å². The zero-order valence-electron chi connectivity index (χ0n) is 17.5. The van der Waals surface area contributed by atoms with Crippen LogP contribution in [-0.4, -0.2) is 46.7 Å². The maximum Gasteiger partial charge on any atom is 0.306 e. The highest BCUT2D eigenvalue weighted by Crippen LogP contribution is 2.14. The van der Waals surface area contributed by atoms with Gasteiger partial charge in [0, 0.05) is 13.0 Å². The number of aliphatic hydroxyl groups excluding tert-OH is 3. The van der Waals surface area contributed by atoms with Gasteiger partial charge in [0.1, 0.15) is 6.10 Å². The first-order valence-corrected chi connectivity index (χ1v) is 11.2. The maximum atomic E-state index is 11.6. The van der Waals surface area contributed by atoms with E-state index in [0.29, 0.717) is 19.4 Å². The summed E-state index contributed by atoms with van der Waals surface area (Å²) in [4.78, 5) is 11.6. The molecule has 0 aromatic carbocycles. The Bertz CT molecular complexity index is 318. The lowest BCUT2D eigenvalue weighted by Gasteiger charge is -2.13. The third kappa shape index (κ3) is 18.5. The zero-order chi connectivity index (χ0) is 20.2. The molecule has 27 heavy (non-hydrogen) atoms. The van der Waals surface area contributed by atoms with Crippen LogP contribution in [-0.2, 0) is 9.53 Å². The predicted octanol–water partition coefficient (Wildman–Crippen LogP) is 4.51. The van der Waals surface area contributed by atoms with Crippen LogP contribution in [0, 0.1) is 0 Å². The third-order valence-electron chi connectivity index (χ3n) is 5.07. The van der Waals surface area contributed by atoms with Crippen molar-refractivity contribution in [2.45, 2.75) is 122 Å². The fourth-order valence-corrected chi connectivity index (χ4v) is 3.19. The molecule has 5 heteroatoms. The lowest BCUT2D eigenvalue weighted by molar-refractivity contribution is -0.151. The van der Waals surface area contributed by atoms with E-state index in [2.05, 4.69) is 0 Å². The Balaban J connectivity index is 3.33. The van der Waals surface area contributed by atoms with E-state index in [4.69, 9.17) is 14.9 Å². The fourth-order valence-electron chi connectivity index (χ4n) is 3.19. The molecule has 0 aromatic heterocycles. The Labute approximate surface area is 166 Å². The topological polar surface area (TPSA) is 87.0 Å². The van der Waals surface area contributed by atoms with Crippen LogP contribution in [0.5, 0.6) is 0 Å². The molecule has 2 unspecified atom stereocenters. The van der Waals surface area contributed by atoms with Gasteiger partial charge in [0.25, 0.3) is 0 Å². The molecule has 0 fully saturated rings. The second kappa shape index (κ2) is 20.1. The molecule has 0 saturated heterocycles. The Morgan fingerprint density at radius 3 is 1.74 bits per heavy atom. The normalized spacial score (nSPS) is 13.5. The standard InChI is InChI=1S/C22H44O5/c1-2-21(19-24)27-22(26)17-13-9-6-8-12-16-20(25)15-11-7-4-3-5-10-14-18-23/h20-21,23-25H,2-19H2,1H3. The molecule has 5 nitrogen and oxygen atoms in total. The first-order valence-electron chi connectivity index (χ1n) is 11.2. The molecule has 0 radical (unpaired) electrons. The first kappa shape index (κ1) is 26.4. The molecular formula is C22H44O5. The summed E-state index contributed by atoms with van der Waals surface area (Å²) in [6, 6.07) is 0. The number of ether oxygens (including phenoxy) is 1. The van der Waals surface area contributed by atoms with Crippen LogP contribution >= 0.6 is 0 Å². The second-order valence-electron chi connectivity index (χ2n) is 7.65. The van der Waals surface area contributed by atoms with E-state index in [1.807, 2.05) is 6.92 Å². The van der Waals surface area contributed by atoms with Crippen LogP contribution in [0.3, 0.4) is 0 Å². The zero-order valence-corrected chi connectivity index (χ0v) is 17.5. The average molecular weight is 389 g/mol. The Morgan fingerprint density at radius 2 is 1.26 bits per heavy atom. The van der Waals surface area contributed by atoms with E-state index in [1.165, 1.54) is 25.7 Å². The van der Waals surface area contributed by atoms with E-state index in [-0.39, 0.29) is 24.8 Å². The van der Waals surface area contributed by atoms with Crippen molar-refractivity contribution in [1.82, 2.24) is 0 Å². The summed E-state index contributed by atoms with van der Waals surface area (Å²) in [5.74, 6) is -0.209. The highest BCUT2D eigenvalue weighted by atomic mass is 16.5. The Hall–Kier alpha value is -0.650. The van der Waals surface area contributed by atoms with E-state index in [9.17, 15) is 9.90 Å². The lowest BCUT2D eigenvalue weighted by Crippen LogP contribution is -2.20. The minimum Gasteiger partial charge on any atom is -0.460 e. The van der Waals surface area contributed by atoms with Crippen LogP contribution in [0.15, 0.2) is 0 Å². The quantitative estimate of drug-likeness (QED) is 0.211. The van der Waals surface area contributed by atoms with Crippen LogP contribution in [0.4, 0.5) is 0 Å². The summed E-state index contributed by atoms with van der Waals surface area (Å²) in [5, 5.41) is 27.7. The van der Waals surface area contributed by atoms with Crippen molar-refractivity contribution in [3.8, 4) is 0 Å². The average Bonchev–Trinajstić information content (AvgIpc) is 2.67. The Morgan fingerprint density at radius 1 is 0.778 bits per heavy atom. The van der Waals surface area contributed by atoms with Gasteiger partial charge in [0.05, 0.1) is 12.7 Å². The summed E-state index contributed by atoms with van der Waals surface area (Å²) in [6.07, 6.45) is 15.5. The number of rotatable bonds is 20. The SMILES string of the molecule is CCC(CO)OC(=O)CCCCCCCC(O)CCCCCCCCCO. The maximum absolute atomic E-state index is 11.6. The van der Waals surface area contributed by atoms with Crippen LogP contribution in [0.25, 0.3) is 0 Å². The van der Waals surface area contributed by atoms with Crippen molar-refractivity contribution in [2.75, 3.05) is 13.2 Å². The molecule has 0 aromatic rings. The predicted molar refractivity (Wildman–Crippen MR) is 110 cm³/mol. The van der Waals surface area contributed by atoms with Crippen LogP contribution < -0.4 is 0 Å². The van der Waals surface area contributed by atoms with Crippen molar-refractivity contribution < 1.29 is 24.9 Å². The van der Waals surface area contributed by atoms with Gasteiger partial charge in [0.2, 0.25) is 0 Å². The van der Waals surface area contributed by atoms with Gasteiger partial charge < -0.3 is 20.1 Å². The molecule has 0 aliphatic rings. The summed E-state index contributed by atoms with van der Waals surface area (Å²) < 4.78 is 5.16. The highest BCUT2D eigenvalue weighted by Gasteiger charge is 2.10. The molecule has 0 bridgehead atoms. The second-order valence-corrected chi connectivity index (χ2v) is 7.65. The van der Waals surface area contributed by atoms with E-state index >= 15 is 0 Å². The number of unbranched alkanes of at least 4 members (excludes halogenated alkanes) is 10. The van der Waals surface area contributed by atoms with Crippen molar-refractivity contribution in [3.63, 3.8) is 0 Å². The van der Waals surface area contributed by atoms with Crippen molar-refractivity contribution in [1.29, 1.82) is 0 Å². The largest absolute Gasteiger partial charge is 0.460 e. The Kier molecular flexibility index (Phi) is 19.6. The van der Waals surface area contributed by atoms with E-state index < -0.39 is 0 Å². The number of carbonyl (C=O) groups excluding carboxylic acids is 1. The molecule has 162 valence electrons. The van der Waals surface area contributed by atoms with Crippen LogP contribution in [0.2, 0.25) is 0 Å². The smallest absolute Gasteiger partial charge is 0.306 e. The van der Waals surface area contributed by atoms with Crippen LogP contribution in [0.1, 0.15) is 110 Å². The van der Waals surface area contributed by atoms with E-state index in [0.717, 1.165) is 64.2 Å². The molecular weight excluding hydrogens is 344 g/mol. The van der Waals surface area contributed by atoms with Gasteiger partial charge in [-0.15, -0.1) is 0 Å². The van der Waals surface area contributed by atoms with Crippen molar-refractivity contribution in [2.24, 2.45) is 0 Å². The molecule has 0 amide bonds. The van der Waals surface area contributed by atoms with Gasteiger partial charge in [-0.2, -0.15) is 0 Å². The highest BCUT2D eigenvalue weighted by molar-refractivity contribution is 5.69. The minimum atomic E-state index is -0.356. The molecule has 0 spiro atoms. The summed E-state index contributed by atoms with van der Waals surface area (Å²) in [7, 11) is 0. The van der Waals surface area contributed by atoms with E-state index in [1.54, 1.807) is 0 Å². The molecule has 0 aliphatic carbocycles. The molecule has 0 saturated carbocycles. The summed E-state index contributed by atoms with van der Waals surface area (Å²) in [5.41, 5.74) is 0. The summed E-state index contributed by atoms with van der Waals surface area (Å²) >= 11 is 0. The first-order chi connectivity index (χ1) is 13.1. The van der Waals surface area contributed by atoms with Gasteiger partial charge in [-0.25, -0.2) is 0 Å². The lowest BCUT2D eigenvalue weighted by atomic mass is 10.0. The monoisotopic (exact) mass is 388 g/mol. The van der Waals surface area contributed by atoms with Gasteiger partial charge in [-0.1, -0.05) is 71.1 Å². The number of aliphatic hydroxyl groups is 3. The number of esters is 1. The molecule has 2 atom stereocenters.